The quantitative estimate of drug-likeness (QED) is 0.560. The van der Waals surface area contributed by atoms with Crippen LogP contribution in [0.5, 0.6) is 0 Å². The SMILES string of the molecule is NC(=NCC(F)F)O[C@@H]1C[C@@H]1c1cc(NC(=O)c2ccc(Cl)cn2)ccc1F. The number of anilines is 1. The molecule has 0 unspecified atom stereocenters. The first-order valence-corrected chi connectivity index (χ1v) is 8.68. The van der Waals surface area contributed by atoms with E-state index in [0.29, 0.717) is 22.7 Å². The first-order valence-electron chi connectivity index (χ1n) is 8.30. The summed E-state index contributed by atoms with van der Waals surface area (Å²) in [7, 11) is 0. The average molecular weight is 413 g/mol. The van der Waals surface area contributed by atoms with E-state index in [1.54, 1.807) is 0 Å². The topological polar surface area (TPSA) is 89.6 Å². The number of alkyl halides is 2. The van der Waals surface area contributed by atoms with Crippen molar-refractivity contribution < 1.29 is 22.7 Å². The van der Waals surface area contributed by atoms with Gasteiger partial charge >= 0.3 is 0 Å². The summed E-state index contributed by atoms with van der Waals surface area (Å²) in [6.07, 6.45) is -1.28. The Hall–Kier alpha value is -2.81. The molecule has 1 aliphatic carbocycles. The maximum absolute atomic E-state index is 14.2. The number of nitrogens with two attached hydrogens (primary N) is 1. The number of pyridine rings is 1. The van der Waals surface area contributed by atoms with Gasteiger partial charge in [0.1, 0.15) is 24.2 Å². The molecule has 0 saturated heterocycles. The lowest BCUT2D eigenvalue weighted by Crippen LogP contribution is -2.19. The van der Waals surface area contributed by atoms with Crippen molar-refractivity contribution in [3.8, 4) is 0 Å². The summed E-state index contributed by atoms with van der Waals surface area (Å²) in [5, 5.41) is 3.03. The summed E-state index contributed by atoms with van der Waals surface area (Å²) in [6.45, 7) is -0.752. The number of nitrogens with zero attached hydrogens (tertiary/aromatic N) is 2. The average Bonchev–Trinajstić information content (AvgIpc) is 3.40. The van der Waals surface area contributed by atoms with Crippen LogP contribution >= 0.6 is 11.6 Å². The summed E-state index contributed by atoms with van der Waals surface area (Å²) in [5.74, 6) is -1.26. The van der Waals surface area contributed by atoms with Gasteiger partial charge in [-0.1, -0.05) is 11.6 Å². The molecule has 0 aliphatic heterocycles. The van der Waals surface area contributed by atoms with Gasteiger partial charge in [0, 0.05) is 17.8 Å². The van der Waals surface area contributed by atoms with Crippen molar-refractivity contribution in [3.05, 3.63) is 58.6 Å². The molecule has 1 aromatic carbocycles. The molecule has 1 aromatic heterocycles. The van der Waals surface area contributed by atoms with Gasteiger partial charge < -0.3 is 15.8 Å². The molecule has 28 heavy (non-hydrogen) atoms. The molecule has 148 valence electrons. The van der Waals surface area contributed by atoms with Crippen LogP contribution in [0.2, 0.25) is 5.02 Å². The van der Waals surface area contributed by atoms with Crippen molar-refractivity contribution in [3.63, 3.8) is 0 Å². The van der Waals surface area contributed by atoms with E-state index in [-0.39, 0.29) is 17.6 Å². The highest BCUT2D eigenvalue weighted by atomic mass is 35.5. The first kappa shape index (κ1) is 19.9. The van der Waals surface area contributed by atoms with Gasteiger partial charge in [0.05, 0.1) is 5.02 Å². The van der Waals surface area contributed by atoms with E-state index < -0.39 is 30.8 Å². The number of ether oxygens (including phenoxy) is 1. The van der Waals surface area contributed by atoms with Gasteiger partial charge in [-0.3, -0.25) is 4.79 Å². The van der Waals surface area contributed by atoms with Crippen molar-refractivity contribution >= 4 is 29.2 Å². The number of halogens is 4. The van der Waals surface area contributed by atoms with E-state index in [9.17, 15) is 18.0 Å². The molecule has 1 heterocycles. The fourth-order valence-corrected chi connectivity index (χ4v) is 2.70. The number of amides is 1. The third-order valence-electron chi connectivity index (χ3n) is 4.00. The molecule has 1 amide bonds. The second-order valence-corrected chi connectivity index (χ2v) is 6.56. The maximum Gasteiger partial charge on any atom is 0.282 e. The Balaban J connectivity index is 1.65. The highest BCUT2D eigenvalue weighted by molar-refractivity contribution is 6.30. The van der Waals surface area contributed by atoms with E-state index >= 15 is 0 Å². The third kappa shape index (κ3) is 5.13. The minimum atomic E-state index is -2.62. The predicted octanol–water partition coefficient (Wildman–Crippen LogP) is 3.58. The Labute approximate surface area is 163 Å². The molecule has 1 fully saturated rings. The van der Waals surface area contributed by atoms with Gasteiger partial charge in [0.2, 0.25) is 0 Å². The highest BCUT2D eigenvalue weighted by Gasteiger charge is 2.43. The normalized spacial score (nSPS) is 18.8. The van der Waals surface area contributed by atoms with E-state index in [4.69, 9.17) is 22.1 Å². The number of hydrogen-bond acceptors (Lipinski definition) is 4. The second kappa shape index (κ2) is 8.47. The van der Waals surface area contributed by atoms with Crippen LogP contribution in [0, 0.1) is 5.82 Å². The van der Waals surface area contributed by atoms with E-state index in [2.05, 4.69) is 15.3 Å². The van der Waals surface area contributed by atoms with Crippen LogP contribution < -0.4 is 11.1 Å². The standard InChI is InChI=1S/C18H16ClF3N4O2/c19-9-1-4-14(24-7-9)17(27)26-10-2-3-13(20)11(5-10)12-6-15(12)28-18(23)25-8-16(21)22/h1-5,7,12,15-16H,6,8H2,(H2,23,25)(H,26,27)/t12-,15-/m1/s1. The summed E-state index contributed by atoms with van der Waals surface area (Å²) >= 11 is 5.74. The van der Waals surface area contributed by atoms with Crippen LogP contribution in [0.4, 0.5) is 18.9 Å². The van der Waals surface area contributed by atoms with Gasteiger partial charge in [-0.2, -0.15) is 0 Å². The number of aromatic nitrogens is 1. The maximum atomic E-state index is 14.2. The molecule has 10 heteroatoms. The van der Waals surface area contributed by atoms with Crippen molar-refractivity contribution in [1.82, 2.24) is 4.98 Å². The lowest BCUT2D eigenvalue weighted by Gasteiger charge is -2.09. The zero-order chi connectivity index (χ0) is 20.3. The zero-order valence-electron chi connectivity index (χ0n) is 14.4. The fourth-order valence-electron chi connectivity index (χ4n) is 2.59. The molecule has 1 saturated carbocycles. The van der Waals surface area contributed by atoms with Crippen molar-refractivity contribution in [2.75, 3.05) is 11.9 Å². The number of carbonyl (C=O) groups excluding carboxylic acids is 1. The summed E-state index contributed by atoms with van der Waals surface area (Å²) < 4.78 is 43.7. The lowest BCUT2D eigenvalue weighted by molar-refractivity contribution is 0.102. The summed E-state index contributed by atoms with van der Waals surface area (Å²) in [6, 6.07) is 6.78. The van der Waals surface area contributed by atoms with Crippen molar-refractivity contribution in [2.24, 2.45) is 10.7 Å². The molecular formula is C18H16ClF3N4O2. The van der Waals surface area contributed by atoms with Gasteiger partial charge in [-0.05, 0) is 42.3 Å². The smallest absolute Gasteiger partial charge is 0.282 e. The number of amidine groups is 1. The van der Waals surface area contributed by atoms with Crippen LogP contribution in [0.1, 0.15) is 28.4 Å². The Bertz CT molecular complexity index is 893. The number of benzene rings is 1. The summed E-state index contributed by atoms with van der Waals surface area (Å²) in [4.78, 5) is 19.5. The molecule has 2 aromatic rings. The number of hydrogen-bond donors (Lipinski definition) is 2. The van der Waals surface area contributed by atoms with Crippen LogP contribution in [0.25, 0.3) is 0 Å². The van der Waals surface area contributed by atoms with Crippen LogP contribution in [-0.4, -0.2) is 36.0 Å². The van der Waals surface area contributed by atoms with Gasteiger partial charge in [0.15, 0.2) is 0 Å². The number of rotatable bonds is 6. The Kier molecular flexibility index (Phi) is 6.03. The predicted molar refractivity (Wildman–Crippen MR) is 98.3 cm³/mol. The number of nitrogens with one attached hydrogen (secondary N) is 1. The van der Waals surface area contributed by atoms with Gasteiger partial charge in [-0.25, -0.2) is 23.1 Å². The minimum absolute atomic E-state index is 0.158. The molecule has 3 N–H and O–H groups in total. The van der Waals surface area contributed by atoms with Crippen LogP contribution in [-0.2, 0) is 4.74 Å². The molecule has 0 radical (unpaired) electrons. The van der Waals surface area contributed by atoms with E-state index in [1.165, 1.54) is 36.5 Å². The van der Waals surface area contributed by atoms with Crippen molar-refractivity contribution in [2.45, 2.75) is 24.9 Å². The Morgan fingerprint density at radius 1 is 1.39 bits per heavy atom. The molecule has 0 bridgehead atoms. The largest absolute Gasteiger partial charge is 0.461 e. The molecular weight excluding hydrogens is 397 g/mol. The molecule has 1 aliphatic rings. The summed E-state index contributed by atoms with van der Waals surface area (Å²) in [5.41, 5.74) is 6.30. The van der Waals surface area contributed by atoms with E-state index in [0.717, 1.165) is 0 Å². The second-order valence-electron chi connectivity index (χ2n) is 6.12. The highest BCUT2D eigenvalue weighted by Crippen LogP contribution is 2.45. The molecule has 0 spiro atoms. The van der Waals surface area contributed by atoms with Gasteiger partial charge in [0.25, 0.3) is 18.4 Å². The molecule has 2 atom stereocenters. The van der Waals surface area contributed by atoms with Gasteiger partial charge in [-0.15, -0.1) is 0 Å². The van der Waals surface area contributed by atoms with E-state index in [1.807, 2.05) is 0 Å². The van der Waals surface area contributed by atoms with Crippen LogP contribution in [0.3, 0.4) is 0 Å². The monoisotopic (exact) mass is 412 g/mol. The fraction of sp³-hybridized carbons (Fsp3) is 0.278. The molecule has 6 nitrogen and oxygen atoms in total. The first-order chi connectivity index (χ1) is 13.3. The lowest BCUT2D eigenvalue weighted by atomic mass is 10.1. The zero-order valence-corrected chi connectivity index (χ0v) is 15.2. The minimum Gasteiger partial charge on any atom is -0.461 e. The van der Waals surface area contributed by atoms with Crippen LogP contribution in [0.15, 0.2) is 41.5 Å². The van der Waals surface area contributed by atoms with Crippen molar-refractivity contribution in [1.29, 1.82) is 0 Å². The number of aliphatic imine (C=N–C) groups is 1. The Morgan fingerprint density at radius 2 is 2.18 bits per heavy atom. The third-order valence-corrected chi connectivity index (χ3v) is 4.23. The Morgan fingerprint density at radius 3 is 2.86 bits per heavy atom. The number of carbonyl (C=O) groups is 1. The molecule has 3 rings (SSSR count).